The summed E-state index contributed by atoms with van der Waals surface area (Å²) in [5.74, 6) is 0. The van der Waals surface area contributed by atoms with Crippen LogP contribution in [0.25, 0.3) is 16.9 Å². The van der Waals surface area contributed by atoms with E-state index in [1.807, 2.05) is 12.1 Å². The van der Waals surface area contributed by atoms with Gasteiger partial charge in [0.2, 0.25) is 4.77 Å². The van der Waals surface area contributed by atoms with Crippen LogP contribution in [0.3, 0.4) is 0 Å². The van der Waals surface area contributed by atoms with Gasteiger partial charge in [-0.1, -0.05) is 12.1 Å². The van der Waals surface area contributed by atoms with Gasteiger partial charge in [-0.05, 0) is 67.2 Å². The quantitative estimate of drug-likeness (QED) is 0.696. The Morgan fingerprint density at radius 1 is 1.05 bits per heavy atom. The highest BCUT2D eigenvalue weighted by Crippen LogP contribution is 2.26. The number of hydrogen-bond donors (Lipinski definition) is 1. The summed E-state index contributed by atoms with van der Waals surface area (Å²) in [6, 6.07) is 10.6. The highest BCUT2D eigenvalue weighted by Gasteiger charge is 2.11. The maximum absolute atomic E-state index is 5.18. The van der Waals surface area contributed by atoms with Crippen LogP contribution in [0.2, 0.25) is 0 Å². The first kappa shape index (κ1) is 11.8. The fourth-order valence-corrected chi connectivity index (χ4v) is 3.03. The Balaban J connectivity index is 1.85. The van der Waals surface area contributed by atoms with E-state index < -0.39 is 0 Å². The summed E-state index contributed by atoms with van der Waals surface area (Å²) in [7, 11) is 0. The van der Waals surface area contributed by atoms with E-state index in [1.165, 1.54) is 36.8 Å². The first-order valence-corrected chi connectivity index (χ1v) is 7.29. The maximum atomic E-state index is 5.18. The van der Waals surface area contributed by atoms with Crippen molar-refractivity contribution < 1.29 is 0 Å². The van der Waals surface area contributed by atoms with Crippen LogP contribution in [0.15, 0.2) is 30.3 Å². The molecule has 4 rings (SSSR count). The number of H-pyrrole nitrogens is 1. The third-order valence-electron chi connectivity index (χ3n) is 3.92. The number of rotatable bonds is 1. The molecular weight excluding hydrogens is 268 g/mol. The van der Waals surface area contributed by atoms with Gasteiger partial charge in [0.05, 0.1) is 5.69 Å². The zero-order valence-electron chi connectivity index (χ0n) is 11.0. The summed E-state index contributed by atoms with van der Waals surface area (Å²) in [6.07, 6.45) is 4.97. The number of aryl methyl sites for hydroxylation is 2. The highest BCUT2D eigenvalue weighted by molar-refractivity contribution is 7.71. The van der Waals surface area contributed by atoms with Crippen molar-refractivity contribution in [2.45, 2.75) is 25.7 Å². The normalized spacial score (nSPS) is 14.4. The van der Waals surface area contributed by atoms with Gasteiger partial charge in [-0.25, -0.2) is 5.10 Å². The standard InChI is InChI=1S/C15H14N4S/c20-15-17-16-14-8-7-13(18-19(14)15)12-6-5-10-3-1-2-4-11(10)9-12/h5-9H,1-4H2,(H,17,20). The van der Waals surface area contributed by atoms with Crippen LogP contribution in [-0.4, -0.2) is 19.8 Å². The van der Waals surface area contributed by atoms with Crippen molar-refractivity contribution in [3.05, 3.63) is 46.2 Å². The summed E-state index contributed by atoms with van der Waals surface area (Å²) in [5.41, 5.74) is 5.78. The molecular formula is C15H14N4S. The molecule has 2 aromatic heterocycles. The van der Waals surface area contributed by atoms with Crippen LogP contribution < -0.4 is 0 Å². The number of aromatic nitrogens is 4. The Morgan fingerprint density at radius 3 is 2.80 bits per heavy atom. The van der Waals surface area contributed by atoms with Gasteiger partial charge in [0.15, 0.2) is 5.65 Å². The maximum Gasteiger partial charge on any atom is 0.216 e. The second-order valence-corrected chi connectivity index (χ2v) is 5.59. The van der Waals surface area contributed by atoms with Crippen molar-refractivity contribution in [3.63, 3.8) is 0 Å². The van der Waals surface area contributed by atoms with E-state index in [9.17, 15) is 0 Å². The Labute approximate surface area is 121 Å². The molecule has 1 N–H and O–H groups in total. The largest absolute Gasteiger partial charge is 0.250 e. The highest BCUT2D eigenvalue weighted by atomic mass is 32.1. The minimum absolute atomic E-state index is 0.528. The minimum Gasteiger partial charge on any atom is -0.250 e. The molecule has 4 nitrogen and oxygen atoms in total. The summed E-state index contributed by atoms with van der Waals surface area (Å²) >= 11 is 5.18. The Hall–Kier alpha value is -2.01. The van der Waals surface area contributed by atoms with Crippen LogP contribution in [0.5, 0.6) is 0 Å². The molecule has 3 aromatic rings. The molecule has 0 unspecified atom stereocenters. The number of aromatic amines is 1. The summed E-state index contributed by atoms with van der Waals surface area (Å²) in [5, 5.41) is 11.4. The number of nitrogens with zero attached hydrogens (tertiary/aromatic N) is 3. The van der Waals surface area contributed by atoms with Gasteiger partial charge in [-0.3, -0.25) is 0 Å². The molecule has 0 atom stereocenters. The van der Waals surface area contributed by atoms with Gasteiger partial charge in [0, 0.05) is 5.56 Å². The first-order valence-electron chi connectivity index (χ1n) is 6.88. The van der Waals surface area contributed by atoms with E-state index >= 15 is 0 Å². The lowest BCUT2D eigenvalue weighted by Gasteiger charge is -2.16. The second-order valence-electron chi connectivity index (χ2n) is 5.21. The number of fused-ring (bicyclic) bond motifs is 2. The fraction of sp³-hybridized carbons (Fsp3) is 0.267. The summed E-state index contributed by atoms with van der Waals surface area (Å²) in [6.45, 7) is 0. The monoisotopic (exact) mass is 282 g/mol. The van der Waals surface area contributed by atoms with Gasteiger partial charge in [0.25, 0.3) is 0 Å². The molecule has 0 aliphatic heterocycles. The SMILES string of the molecule is S=c1[nH]nc2ccc(-c3ccc4c(c3)CCCC4)nn12. The number of nitrogens with one attached hydrogen (secondary N) is 1. The molecule has 0 spiro atoms. The predicted octanol–water partition coefficient (Wildman–Crippen LogP) is 3.33. The summed E-state index contributed by atoms with van der Waals surface area (Å²) < 4.78 is 2.20. The van der Waals surface area contributed by atoms with E-state index in [-0.39, 0.29) is 0 Å². The van der Waals surface area contributed by atoms with Crippen LogP contribution in [0.4, 0.5) is 0 Å². The molecule has 0 saturated carbocycles. The lowest BCUT2D eigenvalue weighted by molar-refractivity contribution is 0.686. The van der Waals surface area contributed by atoms with E-state index in [4.69, 9.17) is 12.2 Å². The molecule has 0 amide bonds. The predicted molar refractivity (Wildman–Crippen MR) is 80.2 cm³/mol. The molecule has 2 heterocycles. The van der Waals surface area contributed by atoms with Gasteiger partial charge >= 0.3 is 0 Å². The molecule has 100 valence electrons. The topological polar surface area (TPSA) is 46.0 Å². The third kappa shape index (κ3) is 1.86. The fourth-order valence-electron chi connectivity index (χ4n) is 2.85. The van der Waals surface area contributed by atoms with Gasteiger partial charge < -0.3 is 0 Å². The van der Waals surface area contributed by atoms with Gasteiger partial charge in [0.1, 0.15) is 0 Å². The molecule has 0 bridgehead atoms. The Morgan fingerprint density at radius 2 is 1.90 bits per heavy atom. The molecule has 0 radical (unpaired) electrons. The zero-order chi connectivity index (χ0) is 13.5. The van der Waals surface area contributed by atoms with E-state index in [2.05, 4.69) is 33.5 Å². The van der Waals surface area contributed by atoms with Gasteiger partial charge in [-0.15, -0.1) is 0 Å². The first-order chi connectivity index (χ1) is 9.81. The van der Waals surface area contributed by atoms with E-state index in [1.54, 1.807) is 4.52 Å². The van der Waals surface area contributed by atoms with Crippen LogP contribution >= 0.6 is 12.2 Å². The lowest BCUT2D eigenvalue weighted by atomic mass is 9.90. The molecule has 1 aliphatic carbocycles. The lowest BCUT2D eigenvalue weighted by Crippen LogP contribution is -2.03. The van der Waals surface area contributed by atoms with Crippen molar-refractivity contribution in [2.75, 3.05) is 0 Å². The van der Waals surface area contributed by atoms with Crippen molar-refractivity contribution in [3.8, 4) is 11.3 Å². The molecule has 1 aromatic carbocycles. The average molecular weight is 282 g/mol. The number of benzene rings is 1. The van der Waals surface area contributed by atoms with E-state index in [0.29, 0.717) is 4.77 Å². The molecule has 0 fully saturated rings. The smallest absolute Gasteiger partial charge is 0.216 e. The molecule has 1 aliphatic rings. The van der Waals surface area contributed by atoms with Crippen molar-refractivity contribution in [1.29, 1.82) is 0 Å². The third-order valence-corrected chi connectivity index (χ3v) is 4.18. The van der Waals surface area contributed by atoms with Crippen molar-refractivity contribution in [1.82, 2.24) is 19.8 Å². The van der Waals surface area contributed by atoms with Crippen LogP contribution in [0.1, 0.15) is 24.0 Å². The zero-order valence-corrected chi connectivity index (χ0v) is 11.8. The average Bonchev–Trinajstić information content (AvgIpc) is 2.88. The Bertz CT molecular complexity index is 846. The molecule has 0 saturated heterocycles. The minimum atomic E-state index is 0.528. The van der Waals surface area contributed by atoms with Crippen LogP contribution in [-0.2, 0) is 12.8 Å². The van der Waals surface area contributed by atoms with Crippen molar-refractivity contribution in [2.24, 2.45) is 0 Å². The van der Waals surface area contributed by atoms with Crippen LogP contribution in [0, 0.1) is 4.77 Å². The van der Waals surface area contributed by atoms with Crippen molar-refractivity contribution >= 4 is 17.9 Å². The second kappa shape index (κ2) is 4.52. The molecule has 5 heteroatoms. The number of hydrogen-bond acceptors (Lipinski definition) is 3. The molecule has 20 heavy (non-hydrogen) atoms. The summed E-state index contributed by atoms with van der Waals surface area (Å²) in [4.78, 5) is 0. The van der Waals surface area contributed by atoms with E-state index in [0.717, 1.165) is 16.9 Å². The Kier molecular flexibility index (Phi) is 2.67. The van der Waals surface area contributed by atoms with Gasteiger partial charge in [-0.2, -0.15) is 14.7 Å².